The molecule has 0 aliphatic carbocycles. The maximum atomic E-state index is 12.3. The van der Waals surface area contributed by atoms with Gasteiger partial charge in [0.15, 0.2) is 6.61 Å². The Labute approximate surface area is 169 Å². The summed E-state index contributed by atoms with van der Waals surface area (Å²) in [5.41, 5.74) is 4.74. The largest absolute Gasteiger partial charge is 0.484 e. The lowest BCUT2D eigenvalue weighted by Crippen LogP contribution is -2.20. The molecule has 0 fully saturated rings. The van der Waals surface area contributed by atoms with Gasteiger partial charge in [0, 0.05) is 11.3 Å². The molecule has 3 aromatic carbocycles. The lowest BCUT2D eigenvalue weighted by Gasteiger charge is -2.10. The van der Waals surface area contributed by atoms with Crippen LogP contribution in [0.15, 0.2) is 72.8 Å². The Morgan fingerprint density at radius 3 is 2.59 bits per heavy atom. The number of amides is 1. The molecule has 2 N–H and O–H groups in total. The van der Waals surface area contributed by atoms with Crippen LogP contribution < -0.4 is 10.1 Å². The highest BCUT2D eigenvalue weighted by atomic mass is 16.5. The number of anilines is 1. The molecule has 0 radical (unpaired) electrons. The smallest absolute Gasteiger partial charge is 0.262 e. The van der Waals surface area contributed by atoms with E-state index in [4.69, 9.17) is 4.74 Å². The monoisotopic (exact) mass is 385 g/mol. The van der Waals surface area contributed by atoms with Gasteiger partial charge in [-0.05, 0) is 47.9 Å². The number of H-pyrrole nitrogens is 1. The molecule has 0 aliphatic rings. The van der Waals surface area contributed by atoms with E-state index in [0.29, 0.717) is 17.4 Å². The van der Waals surface area contributed by atoms with E-state index in [2.05, 4.69) is 29.1 Å². The Morgan fingerprint density at radius 1 is 1.03 bits per heavy atom. The average molecular weight is 385 g/mol. The third-order valence-electron chi connectivity index (χ3n) is 4.73. The van der Waals surface area contributed by atoms with E-state index < -0.39 is 0 Å². The summed E-state index contributed by atoms with van der Waals surface area (Å²) in [5.74, 6) is 1.70. The van der Waals surface area contributed by atoms with Crippen LogP contribution in [0.25, 0.3) is 22.4 Å². The van der Waals surface area contributed by atoms with Crippen LogP contribution in [0.4, 0.5) is 5.69 Å². The second-order valence-electron chi connectivity index (χ2n) is 7.24. The van der Waals surface area contributed by atoms with Crippen molar-refractivity contribution in [2.45, 2.75) is 19.8 Å². The van der Waals surface area contributed by atoms with Crippen molar-refractivity contribution in [2.24, 2.45) is 0 Å². The molecular weight excluding hydrogens is 362 g/mol. The van der Waals surface area contributed by atoms with Crippen molar-refractivity contribution in [2.75, 3.05) is 11.9 Å². The molecule has 1 amide bonds. The van der Waals surface area contributed by atoms with Crippen molar-refractivity contribution in [3.63, 3.8) is 0 Å². The maximum Gasteiger partial charge on any atom is 0.262 e. The van der Waals surface area contributed by atoms with Crippen LogP contribution >= 0.6 is 0 Å². The molecule has 0 saturated heterocycles. The van der Waals surface area contributed by atoms with E-state index in [1.54, 1.807) is 0 Å². The zero-order chi connectivity index (χ0) is 20.2. The van der Waals surface area contributed by atoms with Crippen LogP contribution in [0.3, 0.4) is 0 Å². The Morgan fingerprint density at radius 2 is 1.83 bits per heavy atom. The first-order valence-corrected chi connectivity index (χ1v) is 9.66. The Kier molecular flexibility index (Phi) is 5.29. The van der Waals surface area contributed by atoms with Crippen molar-refractivity contribution >= 4 is 22.6 Å². The van der Waals surface area contributed by atoms with Crippen molar-refractivity contribution in [1.29, 1.82) is 0 Å². The number of carbonyl (C=O) groups excluding carboxylic acids is 1. The quantitative estimate of drug-likeness (QED) is 0.469. The summed E-state index contributed by atoms with van der Waals surface area (Å²) in [5, 5.41) is 2.88. The molecule has 5 heteroatoms. The van der Waals surface area contributed by atoms with E-state index >= 15 is 0 Å². The fourth-order valence-corrected chi connectivity index (χ4v) is 3.13. The van der Waals surface area contributed by atoms with Crippen LogP contribution in [0.2, 0.25) is 0 Å². The first-order valence-electron chi connectivity index (χ1n) is 9.66. The first-order chi connectivity index (χ1) is 14.1. The van der Waals surface area contributed by atoms with Gasteiger partial charge in [-0.3, -0.25) is 4.79 Å². The van der Waals surface area contributed by atoms with Crippen molar-refractivity contribution in [3.8, 4) is 17.1 Å². The molecule has 146 valence electrons. The maximum absolute atomic E-state index is 12.3. The fraction of sp³-hybridized carbons (Fsp3) is 0.167. The Balaban J connectivity index is 1.40. The summed E-state index contributed by atoms with van der Waals surface area (Å²) in [6, 6.07) is 23.3. The predicted molar refractivity (Wildman–Crippen MR) is 116 cm³/mol. The van der Waals surface area contributed by atoms with Gasteiger partial charge >= 0.3 is 0 Å². The van der Waals surface area contributed by atoms with Gasteiger partial charge in [0.2, 0.25) is 0 Å². The Hall–Kier alpha value is -3.60. The van der Waals surface area contributed by atoms with Crippen LogP contribution in [0.1, 0.15) is 25.3 Å². The Bertz CT molecular complexity index is 1100. The molecule has 5 nitrogen and oxygen atoms in total. The SMILES string of the molecule is CC(C)c1ccc(OCC(=O)Nc2cccc(-c3nc4ccccc4[nH]3)c2)cc1. The van der Waals surface area contributed by atoms with Gasteiger partial charge in [-0.15, -0.1) is 0 Å². The molecule has 1 heterocycles. The average Bonchev–Trinajstić information content (AvgIpc) is 3.17. The molecule has 29 heavy (non-hydrogen) atoms. The molecule has 1 aromatic heterocycles. The van der Waals surface area contributed by atoms with Gasteiger partial charge in [0.05, 0.1) is 11.0 Å². The van der Waals surface area contributed by atoms with Crippen LogP contribution in [-0.4, -0.2) is 22.5 Å². The summed E-state index contributed by atoms with van der Waals surface area (Å²) >= 11 is 0. The lowest BCUT2D eigenvalue weighted by molar-refractivity contribution is -0.118. The number of imidazole rings is 1. The first kappa shape index (κ1) is 18.7. The van der Waals surface area contributed by atoms with Crippen LogP contribution in [0, 0.1) is 0 Å². The van der Waals surface area contributed by atoms with Gasteiger partial charge in [0.1, 0.15) is 11.6 Å². The number of benzene rings is 3. The number of aromatic nitrogens is 2. The van der Waals surface area contributed by atoms with Gasteiger partial charge < -0.3 is 15.0 Å². The van der Waals surface area contributed by atoms with Gasteiger partial charge in [-0.25, -0.2) is 4.98 Å². The zero-order valence-corrected chi connectivity index (χ0v) is 16.5. The minimum atomic E-state index is -0.209. The highest BCUT2D eigenvalue weighted by molar-refractivity contribution is 5.92. The van der Waals surface area contributed by atoms with Crippen LogP contribution in [-0.2, 0) is 4.79 Å². The number of ether oxygens (including phenoxy) is 1. The third-order valence-corrected chi connectivity index (χ3v) is 4.73. The van der Waals surface area contributed by atoms with E-state index in [9.17, 15) is 4.79 Å². The standard InChI is InChI=1S/C24H23N3O2/c1-16(2)17-10-12-20(13-11-17)29-15-23(28)25-19-7-5-6-18(14-19)24-26-21-8-3-4-9-22(21)27-24/h3-14,16H,15H2,1-2H3,(H,25,28)(H,26,27). The number of para-hydroxylation sites is 2. The summed E-state index contributed by atoms with van der Waals surface area (Å²) < 4.78 is 5.60. The number of rotatable bonds is 6. The second-order valence-corrected chi connectivity index (χ2v) is 7.24. The number of nitrogens with zero attached hydrogens (tertiary/aromatic N) is 1. The summed E-state index contributed by atoms with van der Waals surface area (Å²) in [4.78, 5) is 20.2. The lowest BCUT2D eigenvalue weighted by atomic mass is 10.0. The number of nitrogens with one attached hydrogen (secondary N) is 2. The van der Waals surface area contributed by atoms with E-state index in [0.717, 1.165) is 22.4 Å². The third kappa shape index (κ3) is 4.46. The molecular formula is C24H23N3O2. The molecule has 0 aliphatic heterocycles. The second kappa shape index (κ2) is 8.19. The summed E-state index contributed by atoms with van der Waals surface area (Å²) in [6.07, 6.45) is 0. The number of hydrogen-bond acceptors (Lipinski definition) is 3. The predicted octanol–water partition coefficient (Wildman–Crippen LogP) is 5.37. The summed E-state index contributed by atoms with van der Waals surface area (Å²) in [7, 11) is 0. The van der Waals surface area contributed by atoms with Crippen molar-refractivity contribution in [1.82, 2.24) is 9.97 Å². The van der Waals surface area contributed by atoms with Crippen molar-refractivity contribution < 1.29 is 9.53 Å². The molecule has 4 rings (SSSR count). The number of aromatic amines is 1. The molecule has 0 atom stereocenters. The highest BCUT2D eigenvalue weighted by Gasteiger charge is 2.08. The molecule has 0 unspecified atom stereocenters. The molecule has 0 spiro atoms. The fourth-order valence-electron chi connectivity index (χ4n) is 3.13. The normalized spacial score (nSPS) is 11.0. The van der Waals surface area contributed by atoms with Crippen LogP contribution in [0.5, 0.6) is 5.75 Å². The van der Waals surface area contributed by atoms with E-state index in [1.165, 1.54) is 5.56 Å². The molecule has 4 aromatic rings. The minimum Gasteiger partial charge on any atom is -0.484 e. The van der Waals surface area contributed by atoms with Crippen molar-refractivity contribution in [3.05, 3.63) is 78.4 Å². The summed E-state index contributed by atoms with van der Waals surface area (Å²) in [6.45, 7) is 4.24. The van der Waals surface area contributed by atoms with Gasteiger partial charge in [-0.1, -0.05) is 50.2 Å². The van der Waals surface area contributed by atoms with E-state index in [1.807, 2.05) is 72.8 Å². The van der Waals surface area contributed by atoms with Gasteiger partial charge in [-0.2, -0.15) is 0 Å². The van der Waals surface area contributed by atoms with Gasteiger partial charge in [0.25, 0.3) is 5.91 Å². The number of carbonyl (C=O) groups is 1. The molecule has 0 bridgehead atoms. The number of fused-ring (bicyclic) bond motifs is 1. The van der Waals surface area contributed by atoms with E-state index in [-0.39, 0.29) is 12.5 Å². The topological polar surface area (TPSA) is 67.0 Å². The minimum absolute atomic E-state index is 0.0457. The highest BCUT2D eigenvalue weighted by Crippen LogP contribution is 2.23. The molecule has 0 saturated carbocycles. The zero-order valence-electron chi connectivity index (χ0n) is 16.5. The number of hydrogen-bond donors (Lipinski definition) is 2.